The van der Waals surface area contributed by atoms with Gasteiger partial charge in [0.05, 0.1) is 5.69 Å². The molecule has 7 nitrogen and oxygen atoms in total. The Morgan fingerprint density at radius 2 is 1.79 bits per heavy atom. The number of halogens is 6. The molecule has 4 bridgehead atoms. The summed E-state index contributed by atoms with van der Waals surface area (Å²) in [7, 11) is 0. The predicted molar refractivity (Wildman–Crippen MR) is 102 cm³/mol. The van der Waals surface area contributed by atoms with E-state index in [1.807, 2.05) is 0 Å². The van der Waals surface area contributed by atoms with Crippen molar-refractivity contribution in [2.45, 2.75) is 75.4 Å². The van der Waals surface area contributed by atoms with Crippen molar-refractivity contribution in [2.24, 2.45) is 5.92 Å². The highest BCUT2D eigenvalue weighted by Crippen LogP contribution is 2.45. The van der Waals surface area contributed by atoms with Gasteiger partial charge in [0.1, 0.15) is 11.7 Å². The molecular formula is C20H22F6N4O3. The number of pyridine rings is 1. The first-order chi connectivity index (χ1) is 15.4. The van der Waals surface area contributed by atoms with Crippen molar-refractivity contribution in [1.29, 1.82) is 0 Å². The molecule has 0 spiro atoms. The fourth-order valence-corrected chi connectivity index (χ4v) is 3.87. The molecule has 2 aromatic rings. The Morgan fingerprint density at radius 3 is 2.42 bits per heavy atom. The average molecular weight is 480 g/mol. The van der Waals surface area contributed by atoms with Crippen molar-refractivity contribution < 1.29 is 40.6 Å². The lowest BCUT2D eigenvalue weighted by molar-refractivity contribution is -0.277. The lowest BCUT2D eigenvalue weighted by Gasteiger charge is -2.27. The summed E-state index contributed by atoms with van der Waals surface area (Å²) in [6.07, 6.45) is -7.89. The monoisotopic (exact) mass is 480 g/mol. The molecule has 33 heavy (non-hydrogen) atoms. The Balaban J connectivity index is 1.82. The summed E-state index contributed by atoms with van der Waals surface area (Å²) in [4.78, 5) is 3.83. The average Bonchev–Trinajstić information content (AvgIpc) is 3.38. The van der Waals surface area contributed by atoms with Gasteiger partial charge < -0.3 is 20.0 Å². The molecule has 1 aliphatic heterocycles. The van der Waals surface area contributed by atoms with E-state index in [9.17, 15) is 31.4 Å². The van der Waals surface area contributed by atoms with Crippen LogP contribution in [-0.4, -0.2) is 32.6 Å². The van der Waals surface area contributed by atoms with Crippen molar-refractivity contribution in [3.8, 4) is 17.5 Å². The third kappa shape index (κ3) is 4.87. The first-order valence-electron chi connectivity index (χ1n) is 10.6. The molecule has 13 heteroatoms. The van der Waals surface area contributed by atoms with Gasteiger partial charge in [-0.25, -0.2) is 4.98 Å². The Morgan fingerprint density at radius 1 is 1.06 bits per heavy atom. The van der Waals surface area contributed by atoms with E-state index >= 15 is 0 Å². The minimum atomic E-state index is -5.12. The molecule has 3 N–H and O–H groups in total. The second-order valence-electron chi connectivity index (χ2n) is 8.57. The van der Waals surface area contributed by atoms with Gasteiger partial charge >= 0.3 is 12.4 Å². The van der Waals surface area contributed by atoms with Gasteiger partial charge in [-0.2, -0.15) is 26.3 Å². The molecule has 0 unspecified atom stereocenters. The number of aromatic nitrogens is 3. The normalized spacial score (nSPS) is 24.8. The van der Waals surface area contributed by atoms with Crippen LogP contribution in [0.25, 0.3) is 11.6 Å². The van der Waals surface area contributed by atoms with Crippen LogP contribution in [-0.2, 0) is 11.8 Å². The highest BCUT2D eigenvalue weighted by molar-refractivity contribution is 5.68. The summed E-state index contributed by atoms with van der Waals surface area (Å²) < 4.78 is 92.8. The van der Waals surface area contributed by atoms with Crippen molar-refractivity contribution >= 4 is 5.69 Å². The zero-order valence-electron chi connectivity index (χ0n) is 17.3. The number of nitrogens with zero attached hydrogens (tertiary/aromatic N) is 3. The van der Waals surface area contributed by atoms with Crippen LogP contribution < -0.4 is 10.5 Å². The number of ether oxygens (including phenoxy) is 1. The molecule has 2 aliphatic rings. The van der Waals surface area contributed by atoms with Crippen LogP contribution in [0, 0.1) is 5.92 Å². The van der Waals surface area contributed by atoms with Crippen LogP contribution in [0.15, 0.2) is 10.5 Å². The minimum Gasteiger partial charge on any atom is -0.474 e. The van der Waals surface area contributed by atoms with Gasteiger partial charge in [-0.15, -0.1) is 10.2 Å². The number of rotatable bonds is 2. The zero-order chi connectivity index (χ0) is 24.0. The molecule has 182 valence electrons. The van der Waals surface area contributed by atoms with E-state index in [1.165, 1.54) is 0 Å². The molecule has 2 atom stereocenters. The Bertz CT molecular complexity index is 1000. The number of hydrogen-bond acceptors (Lipinski definition) is 7. The minimum absolute atomic E-state index is 0.0244. The molecule has 0 saturated heterocycles. The van der Waals surface area contributed by atoms with Crippen LogP contribution in [0.5, 0.6) is 5.88 Å². The van der Waals surface area contributed by atoms with Gasteiger partial charge in [0.25, 0.3) is 11.8 Å². The quantitative estimate of drug-likeness (QED) is 0.583. The molecule has 1 saturated carbocycles. The summed E-state index contributed by atoms with van der Waals surface area (Å²) in [5.41, 5.74) is 0.113. The number of hydrogen-bond donors (Lipinski definition) is 2. The van der Waals surface area contributed by atoms with E-state index in [2.05, 4.69) is 15.2 Å². The third-order valence-electron chi connectivity index (χ3n) is 5.91. The zero-order valence-corrected chi connectivity index (χ0v) is 17.3. The van der Waals surface area contributed by atoms with Gasteiger partial charge in [0, 0.05) is 0 Å². The second-order valence-corrected chi connectivity index (χ2v) is 8.57. The van der Waals surface area contributed by atoms with Gasteiger partial charge in [-0.1, -0.05) is 19.3 Å². The van der Waals surface area contributed by atoms with Crippen LogP contribution >= 0.6 is 0 Å². The predicted octanol–water partition coefficient (Wildman–Crippen LogP) is 4.99. The van der Waals surface area contributed by atoms with Crippen LogP contribution in [0.1, 0.15) is 62.8 Å². The summed E-state index contributed by atoms with van der Waals surface area (Å²) in [6, 6.07) is 0.581. The third-order valence-corrected chi connectivity index (χ3v) is 5.91. The molecule has 0 aromatic carbocycles. The first-order valence-corrected chi connectivity index (χ1v) is 10.6. The number of fused-ring (bicyclic) bond motifs is 5. The molecule has 1 aliphatic carbocycles. The Hall–Kier alpha value is -2.57. The maximum absolute atomic E-state index is 13.7. The van der Waals surface area contributed by atoms with E-state index in [4.69, 9.17) is 14.9 Å². The summed E-state index contributed by atoms with van der Waals surface area (Å²) in [6.45, 7) is 0. The molecule has 0 amide bonds. The van der Waals surface area contributed by atoms with Crippen LogP contribution in [0.3, 0.4) is 0 Å². The molecule has 3 heterocycles. The molecule has 2 aromatic heterocycles. The van der Waals surface area contributed by atoms with Crippen LogP contribution in [0.4, 0.5) is 32.0 Å². The van der Waals surface area contributed by atoms with Gasteiger partial charge in [0.2, 0.25) is 11.5 Å². The standard InChI is InChI=1S/C20H22F6N4O3/c21-19(22,23)12-9-13(27)14-16-29-30-17(33-16)18(31,20(24,25)26)7-3-1-2-4-11(8-10-5-6-10)32-15(12)28-14/h9-11,31H,1-8,27H2/t11-,18+/m0/s1. The van der Waals surface area contributed by atoms with Crippen LogP contribution in [0.2, 0.25) is 0 Å². The lowest BCUT2D eigenvalue weighted by Crippen LogP contribution is -2.42. The fourth-order valence-electron chi connectivity index (χ4n) is 3.87. The van der Waals surface area contributed by atoms with Crippen molar-refractivity contribution in [1.82, 2.24) is 15.2 Å². The van der Waals surface area contributed by atoms with Crippen molar-refractivity contribution in [2.75, 3.05) is 5.73 Å². The van der Waals surface area contributed by atoms with E-state index < -0.39 is 65.1 Å². The van der Waals surface area contributed by atoms with E-state index in [-0.39, 0.29) is 12.8 Å². The topological polar surface area (TPSA) is 107 Å². The first kappa shape index (κ1) is 23.6. The second kappa shape index (κ2) is 8.33. The highest BCUT2D eigenvalue weighted by Gasteiger charge is 2.58. The van der Waals surface area contributed by atoms with Gasteiger partial charge in [-0.3, -0.25) is 0 Å². The van der Waals surface area contributed by atoms with Crippen molar-refractivity contribution in [3.05, 3.63) is 17.5 Å². The lowest BCUT2D eigenvalue weighted by atomic mass is 9.94. The number of aliphatic hydroxyl groups is 1. The smallest absolute Gasteiger partial charge is 0.426 e. The maximum atomic E-state index is 13.7. The number of nitrogens with two attached hydrogens (primary N) is 1. The summed E-state index contributed by atoms with van der Waals surface area (Å²) >= 11 is 0. The van der Waals surface area contributed by atoms with E-state index in [0.29, 0.717) is 31.2 Å². The van der Waals surface area contributed by atoms with Gasteiger partial charge in [-0.05, 0) is 44.1 Å². The number of alkyl halides is 6. The summed E-state index contributed by atoms with van der Waals surface area (Å²) in [5, 5.41) is 17.2. The SMILES string of the molecule is Nc1cc(C(F)(F)F)c2nc1-c1nnc(o1)[C@@](O)(C(F)(F)F)CCCCC[C@@H](CC1CC1)O2. The summed E-state index contributed by atoms with van der Waals surface area (Å²) in [5.74, 6) is -2.21. The Kier molecular flexibility index (Phi) is 5.95. The van der Waals surface area contributed by atoms with Gasteiger partial charge in [0.15, 0.2) is 5.69 Å². The molecule has 1 fully saturated rings. The van der Waals surface area contributed by atoms with Crippen molar-refractivity contribution in [3.63, 3.8) is 0 Å². The fraction of sp³-hybridized carbons (Fsp3) is 0.650. The molecular weight excluding hydrogens is 458 g/mol. The Labute approximate surface area is 184 Å². The highest BCUT2D eigenvalue weighted by atomic mass is 19.4. The number of nitrogen functional groups attached to an aromatic ring is 1. The maximum Gasteiger partial charge on any atom is 0.426 e. The molecule has 4 rings (SSSR count). The van der Waals surface area contributed by atoms with E-state index in [0.717, 1.165) is 12.8 Å². The largest absolute Gasteiger partial charge is 0.474 e. The molecule has 0 radical (unpaired) electrons. The van der Waals surface area contributed by atoms with E-state index in [1.54, 1.807) is 0 Å². The number of anilines is 1.